The Hall–Kier alpha value is -1.85. The molecule has 1 aromatic heterocycles. The van der Waals surface area contributed by atoms with E-state index in [1.54, 1.807) is 12.4 Å². The number of nitrogens with zero attached hydrogens (tertiary/aromatic N) is 4. The first-order valence-electron chi connectivity index (χ1n) is 8.72. The molecule has 1 aromatic rings. The van der Waals surface area contributed by atoms with Crippen LogP contribution in [0.3, 0.4) is 0 Å². The van der Waals surface area contributed by atoms with Crippen molar-refractivity contribution in [2.75, 3.05) is 31.1 Å². The molecule has 3 unspecified atom stereocenters. The molecule has 0 spiro atoms. The van der Waals surface area contributed by atoms with E-state index in [2.05, 4.69) is 34.0 Å². The van der Waals surface area contributed by atoms with Crippen LogP contribution in [0.1, 0.15) is 33.1 Å². The van der Waals surface area contributed by atoms with Gasteiger partial charge in [-0.3, -0.25) is 0 Å². The van der Waals surface area contributed by atoms with Gasteiger partial charge < -0.3 is 15.1 Å². The summed E-state index contributed by atoms with van der Waals surface area (Å²) in [4.78, 5) is 25.1. The number of nitrogens with one attached hydrogen (secondary N) is 1. The fourth-order valence-electron chi connectivity index (χ4n) is 3.60. The molecule has 2 aliphatic rings. The summed E-state index contributed by atoms with van der Waals surface area (Å²) in [6, 6.07) is 2.23. The highest BCUT2D eigenvalue weighted by molar-refractivity contribution is 5.75. The Morgan fingerprint density at radius 2 is 1.83 bits per heavy atom. The van der Waals surface area contributed by atoms with E-state index in [1.807, 2.05) is 11.0 Å². The Bertz CT molecular complexity index is 515. The van der Waals surface area contributed by atoms with E-state index < -0.39 is 0 Å². The molecule has 2 heterocycles. The summed E-state index contributed by atoms with van der Waals surface area (Å²) < 4.78 is 0. The van der Waals surface area contributed by atoms with Crippen LogP contribution in [0.15, 0.2) is 18.5 Å². The van der Waals surface area contributed by atoms with Crippen LogP contribution in [0.5, 0.6) is 0 Å². The van der Waals surface area contributed by atoms with Gasteiger partial charge in [-0.25, -0.2) is 14.8 Å². The molecule has 2 fully saturated rings. The van der Waals surface area contributed by atoms with Gasteiger partial charge in [0, 0.05) is 44.6 Å². The molecule has 6 nitrogen and oxygen atoms in total. The van der Waals surface area contributed by atoms with Gasteiger partial charge in [-0.2, -0.15) is 0 Å². The maximum absolute atomic E-state index is 12.5. The van der Waals surface area contributed by atoms with Gasteiger partial charge in [0.1, 0.15) is 0 Å². The predicted octanol–water partition coefficient (Wildman–Crippen LogP) is 2.13. The maximum atomic E-state index is 12.5. The summed E-state index contributed by atoms with van der Waals surface area (Å²) in [6.07, 6.45) is 7.12. The first-order chi connectivity index (χ1) is 11.1. The number of hydrogen-bond donors (Lipinski definition) is 1. The summed E-state index contributed by atoms with van der Waals surface area (Å²) in [6.45, 7) is 7.57. The van der Waals surface area contributed by atoms with E-state index in [4.69, 9.17) is 0 Å². The molecule has 2 amide bonds. The Kier molecular flexibility index (Phi) is 4.98. The smallest absolute Gasteiger partial charge is 0.317 e. The second-order valence-corrected chi connectivity index (χ2v) is 6.85. The number of aromatic nitrogens is 2. The lowest BCUT2D eigenvalue weighted by Crippen LogP contribution is -2.55. The number of urea groups is 1. The topological polar surface area (TPSA) is 61.4 Å². The largest absolute Gasteiger partial charge is 0.337 e. The van der Waals surface area contributed by atoms with E-state index in [0.29, 0.717) is 17.9 Å². The molecule has 126 valence electrons. The van der Waals surface area contributed by atoms with Crippen molar-refractivity contribution in [3.63, 3.8) is 0 Å². The molecule has 0 radical (unpaired) electrons. The third-order valence-electron chi connectivity index (χ3n) is 5.42. The van der Waals surface area contributed by atoms with Crippen LogP contribution >= 0.6 is 0 Å². The minimum absolute atomic E-state index is 0.0876. The highest BCUT2D eigenvalue weighted by atomic mass is 16.2. The Labute approximate surface area is 138 Å². The summed E-state index contributed by atoms with van der Waals surface area (Å²) >= 11 is 0. The molecule has 1 N–H and O–H groups in total. The van der Waals surface area contributed by atoms with Gasteiger partial charge in [-0.1, -0.05) is 26.7 Å². The number of piperazine rings is 1. The van der Waals surface area contributed by atoms with Gasteiger partial charge in [0.15, 0.2) is 0 Å². The third-order valence-corrected chi connectivity index (χ3v) is 5.42. The van der Waals surface area contributed by atoms with Crippen molar-refractivity contribution in [2.45, 2.75) is 39.2 Å². The van der Waals surface area contributed by atoms with Gasteiger partial charge in [-0.05, 0) is 24.3 Å². The van der Waals surface area contributed by atoms with Crippen LogP contribution < -0.4 is 10.2 Å². The zero-order valence-corrected chi connectivity index (χ0v) is 14.1. The summed E-state index contributed by atoms with van der Waals surface area (Å²) in [5.74, 6) is 2.01. The van der Waals surface area contributed by atoms with Crippen LogP contribution in [-0.4, -0.2) is 53.1 Å². The molecular formula is C17H27N5O. The number of amides is 2. The zero-order chi connectivity index (χ0) is 16.2. The zero-order valence-electron chi connectivity index (χ0n) is 14.1. The van der Waals surface area contributed by atoms with Crippen molar-refractivity contribution < 1.29 is 4.79 Å². The van der Waals surface area contributed by atoms with Crippen LogP contribution in [0, 0.1) is 11.8 Å². The van der Waals surface area contributed by atoms with E-state index in [1.165, 1.54) is 12.8 Å². The summed E-state index contributed by atoms with van der Waals surface area (Å²) in [7, 11) is 0. The Morgan fingerprint density at radius 3 is 2.52 bits per heavy atom. The maximum Gasteiger partial charge on any atom is 0.317 e. The van der Waals surface area contributed by atoms with Crippen molar-refractivity contribution in [3.05, 3.63) is 18.5 Å². The second kappa shape index (κ2) is 7.15. The molecular weight excluding hydrogens is 290 g/mol. The van der Waals surface area contributed by atoms with Gasteiger partial charge in [-0.15, -0.1) is 0 Å². The Morgan fingerprint density at radius 1 is 1.13 bits per heavy atom. The van der Waals surface area contributed by atoms with E-state index in [-0.39, 0.29) is 6.03 Å². The van der Waals surface area contributed by atoms with Gasteiger partial charge in [0.05, 0.1) is 0 Å². The SMILES string of the molecule is CC1CCCC(NC(=O)N2CCN(c3ncccn3)CC2)C1C. The average molecular weight is 317 g/mol. The number of carbonyl (C=O) groups is 1. The number of hydrogen-bond acceptors (Lipinski definition) is 4. The standard InChI is InChI=1S/C17H27N5O/c1-13-5-3-6-15(14(13)2)20-17(23)22-11-9-21(10-12-22)16-18-7-4-8-19-16/h4,7-8,13-15H,3,5-6,9-12H2,1-2H3,(H,20,23). The minimum atomic E-state index is 0.0876. The van der Waals surface area contributed by atoms with E-state index in [0.717, 1.165) is 38.5 Å². The molecule has 1 saturated heterocycles. The summed E-state index contributed by atoms with van der Waals surface area (Å²) in [5.41, 5.74) is 0. The highest BCUT2D eigenvalue weighted by Gasteiger charge is 2.30. The molecule has 3 atom stereocenters. The first-order valence-corrected chi connectivity index (χ1v) is 8.72. The monoisotopic (exact) mass is 317 g/mol. The second-order valence-electron chi connectivity index (χ2n) is 6.85. The van der Waals surface area contributed by atoms with Crippen molar-refractivity contribution in [3.8, 4) is 0 Å². The summed E-state index contributed by atoms with van der Waals surface area (Å²) in [5, 5.41) is 3.26. The van der Waals surface area contributed by atoms with Gasteiger partial charge in [0.2, 0.25) is 5.95 Å². The normalized spacial score (nSPS) is 28.5. The van der Waals surface area contributed by atoms with Crippen LogP contribution in [0.4, 0.5) is 10.7 Å². The Balaban J connectivity index is 1.50. The van der Waals surface area contributed by atoms with Crippen molar-refractivity contribution >= 4 is 12.0 Å². The quantitative estimate of drug-likeness (QED) is 0.908. The fourth-order valence-corrected chi connectivity index (χ4v) is 3.60. The van der Waals surface area contributed by atoms with Crippen LogP contribution in [0.2, 0.25) is 0 Å². The number of anilines is 1. The first kappa shape index (κ1) is 16.0. The fraction of sp³-hybridized carbons (Fsp3) is 0.706. The molecule has 1 aliphatic heterocycles. The van der Waals surface area contributed by atoms with Gasteiger partial charge >= 0.3 is 6.03 Å². The highest BCUT2D eigenvalue weighted by Crippen LogP contribution is 2.29. The van der Waals surface area contributed by atoms with Gasteiger partial charge in [0.25, 0.3) is 0 Å². The lowest BCUT2D eigenvalue weighted by atomic mass is 9.78. The van der Waals surface area contributed by atoms with E-state index >= 15 is 0 Å². The molecule has 0 bridgehead atoms. The minimum Gasteiger partial charge on any atom is -0.337 e. The average Bonchev–Trinajstić information content (AvgIpc) is 2.60. The lowest BCUT2D eigenvalue weighted by Gasteiger charge is -2.38. The van der Waals surface area contributed by atoms with Crippen LogP contribution in [0.25, 0.3) is 0 Å². The number of carbonyl (C=O) groups excluding carboxylic acids is 1. The van der Waals surface area contributed by atoms with Crippen molar-refractivity contribution in [1.29, 1.82) is 0 Å². The van der Waals surface area contributed by atoms with Crippen molar-refractivity contribution in [2.24, 2.45) is 11.8 Å². The molecule has 1 saturated carbocycles. The number of rotatable bonds is 2. The third kappa shape index (κ3) is 3.74. The molecule has 6 heteroatoms. The molecule has 1 aliphatic carbocycles. The van der Waals surface area contributed by atoms with Crippen LogP contribution in [-0.2, 0) is 0 Å². The molecule has 23 heavy (non-hydrogen) atoms. The molecule has 0 aromatic carbocycles. The van der Waals surface area contributed by atoms with Crippen molar-refractivity contribution in [1.82, 2.24) is 20.2 Å². The van der Waals surface area contributed by atoms with E-state index in [9.17, 15) is 4.79 Å². The lowest BCUT2D eigenvalue weighted by molar-refractivity contribution is 0.165. The predicted molar refractivity (Wildman–Crippen MR) is 90.3 cm³/mol. The molecule has 3 rings (SSSR count).